The van der Waals surface area contributed by atoms with Gasteiger partial charge >= 0.3 is 5.97 Å². The van der Waals surface area contributed by atoms with Gasteiger partial charge in [0.25, 0.3) is 10.2 Å². The van der Waals surface area contributed by atoms with Crippen molar-refractivity contribution < 1.29 is 18.3 Å². The molecule has 6 nitrogen and oxygen atoms in total. The molecule has 0 spiro atoms. The lowest BCUT2D eigenvalue weighted by molar-refractivity contribution is -0.141. The van der Waals surface area contributed by atoms with Crippen LogP contribution in [0.3, 0.4) is 0 Å². The molecule has 1 unspecified atom stereocenters. The molecule has 0 aliphatic carbocycles. The van der Waals surface area contributed by atoms with Gasteiger partial charge in [-0.3, -0.25) is 4.79 Å². The zero-order valence-electron chi connectivity index (χ0n) is 9.93. The van der Waals surface area contributed by atoms with E-state index in [1.54, 1.807) is 20.8 Å². The number of rotatable bonds is 8. The number of carboxylic acid groups (broad SMARTS) is 1. The molecule has 2 N–H and O–H groups in total. The van der Waals surface area contributed by atoms with Crippen LogP contribution in [-0.4, -0.2) is 43.4 Å². The standard InChI is InChI=1S/C9H20N2O4S/c1-4-11(5-2)16(14,15)10-7-6-8(3)9(12)13/h8,10H,4-7H2,1-3H3,(H,12,13). The lowest BCUT2D eigenvalue weighted by atomic mass is 10.1. The average molecular weight is 252 g/mol. The highest BCUT2D eigenvalue weighted by Gasteiger charge is 2.18. The summed E-state index contributed by atoms with van der Waals surface area (Å²) in [5, 5.41) is 8.63. The largest absolute Gasteiger partial charge is 0.481 e. The molecular formula is C9H20N2O4S. The second-order valence-electron chi connectivity index (χ2n) is 3.51. The number of hydrogen-bond donors (Lipinski definition) is 2. The Morgan fingerprint density at radius 1 is 1.38 bits per heavy atom. The summed E-state index contributed by atoms with van der Waals surface area (Å²) < 4.78 is 26.9. The molecule has 0 saturated heterocycles. The molecule has 1 atom stereocenters. The average Bonchev–Trinajstić information content (AvgIpc) is 2.18. The van der Waals surface area contributed by atoms with Crippen LogP contribution >= 0.6 is 0 Å². The molecule has 7 heteroatoms. The van der Waals surface area contributed by atoms with Crippen LogP contribution in [-0.2, 0) is 15.0 Å². The van der Waals surface area contributed by atoms with Crippen LogP contribution in [0.25, 0.3) is 0 Å². The van der Waals surface area contributed by atoms with Gasteiger partial charge in [0, 0.05) is 19.6 Å². The van der Waals surface area contributed by atoms with Crippen LogP contribution in [0.5, 0.6) is 0 Å². The first-order chi connectivity index (χ1) is 7.35. The molecule has 0 aliphatic heterocycles. The Hall–Kier alpha value is -0.660. The molecule has 0 radical (unpaired) electrons. The van der Waals surface area contributed by atoms with Gasteiger partial charge in [0.05, 0.1) is 5.92 Å². The number of aliphatic carboxylic acids is 1. The van der Waals surface area contributed by atoms with Crippen molar-refractivity contribution in [1.29, 1.82) is 0 Å². The van der Waals surface area contributed by atoms with Crippen molar-refractivity contribution in [2.75, 3.05) is 19.6 Å². The summed E-state index contributed by atoms with van der Waals surface area (Å²) in [5.74, 6) is -1.46. The van der Waals surface area contributed by atoms with E-state index < -0.39 is 22.1 Å². The Bertz CT molecular complexity index is 311. The minimum atomic E-state index is -3.45. The predicted octanol–water partition coefficient (Wildman–Crippen LogP) is 0.273. The fraction of sp³-hybridized carbons (Fsp3) is 0.889. The molecule has 0 fully saturated rings. The normalized spacial score (nSPS) is 14.0. The summed E-state index contributed by atoms with van der Waals surface area (Å²) in [4.78, 5) is 10.5. The second kappa shape index (κ2) is 6.82. The Labute approximate surface area is 96.8 Å². The fourth-order valence-corrected chi connectivity index (χ4v) is 2.42. The molecule has 0 amide bonds. The van der Waals surface area contributed by atoms with E-state index in [9.17, 15) is 13.2 Å². The molecule has 0 aliphatic rings. The van der Waals surface area contributed by atoms with Gasteiger partial charge in [-0.05, 0) is 6.42 Å². The van der Waals surface area contributed by atoms with Gasteiger partial charge in [-0.15, -0.1) is 0 Å². The van der Waals surface area contributed by atoms with Crippen molar-refractivity contribution in [2.24, 2.45) is 5.92 Å². The smallest absolute Gasteiger partial charge is 0.306 e. The van der Waals surface area contributed by atoms with Gasteiger partial charge in [-0.2, -0.15) is 12.7 Å². The van der Waals surface area contributed by atoms with Crippen molar-refractivity contribution in [1.82, 2.24) is 9.03 Å². The molecule has 0 aromatic heterocycles. The topological polar surface area (TPSA) is 86.7 Å². The molecule has 16 heavy (non-hydrogen) atoms. The first kappa shape index (κ1) is 15.3. The van der Waals surface area contributed by atoms with E-state index in [0.29, 0.717) is 13.1 Å². The summed E-state index contributed by atoms with van der Waals surface area (Å²) in [6.07, 6.45) is 0.288. The number of carboxylic acids is 1. The summed E-state index contributed by atoms with van der Waals surface area (Å²) in [7, 11) is -3.45. The minimum Gasteiger partial charge on any atom is -0.481 e. The van der Waals surface area contributed by atoms with E-state index >= 15 is 0 Å². The van der Waals surface area contributed by atoms with Crippen molar-refractivity contribution >= 4 is 16.2 Å². The maximum Gasteiger partial charge on any atom is 0.306 e. The molecule has 0 aromatic rings. The van der Waals surface area contributed by atoms with Gasteiger partial charge in [0.2, 0.25) is 0 Å². The summed E-state index contributed by atoms with van der Waals surface area (Å²) >= 11 is 0. The number of nitrogens with one attached hydrogen (secondary N) is 1. The van der Waals surface area contributed by atoms with E-state index in [-0.39, 0.29) is 13.0 Å². The zero-order chi connectivity index (χ0) is 12.8. The predicted molar refractivity (Wildman–Crippen MR) is 61.3 cm³/mol. The zero-order valence-corrected chi connectivity index (χ0v) is 10.7. The summed E-state index contributed by atoms with van der Waals surface area (Å²) in [5.41, 5.74) is 0. The Balaban J connectivity index is 4.15. The third-order valence-electron chi connectivity index (χ3n) is 2.33. The lowest BCUT2D eigenvalue weighted by Gasteiger charge is -2.19. The van der Waals surface area contributed by atoms with Crippen LogP contribution in [0, 0.1) is 5.92 Å². The minimum absolute atomic E-state index is 0.145. The molecule has 0 heterocycles. The van der Waals surface area contributed by atoms with Gasteiger partial charge < -0.3 is 5.11 Å². The number of hydrogen-bond acceptors (Lipinski definition) is 3. The van der Waals surface area contributed by atoms with Crippen molar-refractivity contribution in [3.63, 3.8) is 0 Å². The van der Waals surface area contributed by atoms with Gasteiger partial charge in [-0.1, -0.05) is 20.8 Å². The highest BCUT2D eigenvalue weighted by atomic mass is 32.2. The fourth-order valence-electron chi connectivity index (χ4n) is 1.18. The van der Waals surface area contributed by atoms with Gasteiger partial charge in [0.15, 0.2) is 0 Å². The monoisotopic (exact) mass is 252 g/mol. The highest BCUT2D eigenvalue weighted by Crippen LogP contribution is 2.02. The van der Waals surface area contributed by atoms with Crippen LogP contribution in [0.1, 0.15) is 27.2 Å². The summed E-state index contributed by atoms with van der Waals surface area (Å²) in [6.45, 7) is 6.01. The number of carbonyl (C=O) groups is 1. The van der Waals surface area contributed by atoms with E-state index in [1.165, 1.54) is 4.31 Å². The van der Waals surface area contributed by atoms with Gasteiger partial charge in [-0.25, -0.2) is 4.72 Å². The SMILES string of the molecule is CCN(CC)S(=O)(=O)NCCC(C)C(=O)O. The maximum absolute atomic E-state index is 11.6. The maximum atomic E-state index is 11.6. The Morgan fingerprint density at radius 2 is 1.88 bits per heavy atom. The van der Waals surface area contributed by atoms with Crippen LogP contribution in [0.15, 0.2) is 0 Å². The van der Waals surface area contributed by atoms with E-state index in [1.807, 2.05) is 0 Å². The van der Waals surface area contributed by atoms with Crippen LogP contribution in [0.4, 0.5) is 0 Å². The first-order valence-electron chi connectivity index (χ1n) is 5.32. The third kappa shape index (κ3) is 4.91. The van der Waals surface area contributed by atoms with Gasteiger partial charge in [0.1, 0.15) is 0 Å². The van der Waals surface area contributed by atoms with Crippen molar-refractivity contribution in [3.8, 4) is 0 Å². The Kier molecular flexibility index (Phi) is 6.54. The number of nitrogens with zero attached hydrogens (tertiary/aromatic N) is 1. The van der Waals surface area contributed by atoms with E-state index in [0.717, 1.165) is 0 Å². The Morgan fingerprint density at radius 3 is 2.25 bits per heavy atom. The quantitative estimate of drug-likeness (QED) is 0.649. The molecule has 0 bridgehead atoms. The van der Waals surface area contributed by atoms with Crippen molar-refractivity contribution in [3.05, 3.63) is 0 Å². The first-order valence-corrected chi connectivity index (χ1v) is 6.76. The molecular weight excluding hydrogens is 232 g/mol. The molecule has 96 valence electrons. The molecule has 0 rings (SSSR count). The summed E-state index contributed by atoms with van der Waals surface area (Å²) in [6, 6.07) is 0. The third-order valence-corrected chi connectivity index (χ3v) is 4.09. The van der Waals surface area contributed by atoms with E-state index in [2.05, 4.69) is 4.72 Å². The molecule has 0 aromatic carbocycles. The second-order valence-corrected chi connectivity index (χ2v) is 5.27. The molecule has 0 saturated carbocycles. The lowest BCUT2D eigenvalue weighted by Crippen LogP contribution is -2.41. The van der Waals surface area contributed by atoms with Crippen LogP contribution in [0.2, 0.25) is 0 Å². The van der Waals surface area contributed by atoms with Crippen molar-refractivity contribution in [2.45, 2.75) is 27.2 Å². The highest BCUT2D eigenvalue weighted by molar-refractivity contribution is 7.87. The van der Waals surface area contributed by atoms with Crippen LogP contribution < -0.4 is 4.72 Å². The van der Waals surface area contributed by atoms with E-state index in [4.69, 9.17) is 5.11 Å².